The smallest absolute Gasteiger partial charge is 0.408 e. The van der Waals surface area contributed by atoms with Crippen LogP contribution in [-0.2, 0) is 44.8 Å². The van der Waals surface area contributed by atoms with E-state index in [4.69, 9.17) is 9.47 Å². The summed E-state index contributed by atoms with van der Waals surface area (Å²) in [7, 11) is 0. The first kappa shape index (κ1) is 46.8. The van der Waals surface area contributed by atoms with Gasteiger partial charge in [0.15, 0.2) is 0 Å². The Hall–Kier alpha value is -5.27. The minimum atomic E-state index is -1.23. The zero-order valence-electron chi connectivity index (χ0n) is 36.3. The Morgan fingerprint density at radius 1 is 0.754 bits per heavy atom. The number of Topliss-reactive ketones (excluding diaryl/α,β-unsaturated/α-hetero) is 1. The molecule has 2 unspecified atom stereocenters. The van der Waals surface area contributed by atoms with Crippen LogP contribution in [0.5, 0.6) is 0 Å². The highest BCUT2D eigenvalue weighted by molar-refractivity contribution is 6.38. The third-order valence-electron chi connectivity index (χ3n) is 12.0. The second kappa shape index (κ2) is 22.5. The van der Waals surface area contributed by atoms with Gasteiger partial charge < -0.3 is 35.6 Å². The monoisotopic (exact) mass is 843 g/mol. The van der Waals surface area contributed by atoms with E-state index in [0.29, 0.717) is 6.42 Å². The van der Waals surface area contributed by atoms with E-state index >= 15 is 0 Å². The zero-order chi connectivity index (χ0) is 43.9. The number of esters is 1. The van der Waals surface area contributed by atoms with Crippen LogP contribution in [-0.4, -0.2) is 89.2 Å². The number of rotatable bonds is 17. The van der Waals surface area contributed by atoms with Crippen LogP contribution in [0.15, 0.2) is 60.7 Å². The summed E-state index contributed by atoms with van der Waals surface area (Å²) in [5.74, 6) is -4.67. The molecule has 5 amide bonds. The van der Waals surface area contributed by atoms with Crippen molar-refractivity contribution in [2.45, 2.75) is 153 Å². The molecule has 0 radical (unpaired) electrons. The van der Waals surface area contributed by atoms with Crippen molar-refractivity contribution in [2.75, 3.05) is 13.1 Å². The van der Waals surface area contributed by atoms with Gasteiger partial charge in [-0.1, -0.05) is 113 Å². The Kier molecular flexibility index (Phi) is 17.3. The summed E-state index contributed by atoms with van der Waals surface area (Å²) < 4.78 is 11.2. The largest absolute Gasteiger partial charge is 0.459 e. The number of carbonyl (C=O) groups excluding carboxylic acids is 7. The molecular formula is C47H65N5O9. The maximum absolute atomic E-state index is 14.6. The normalized spacial score (nSPS) is 20.0. The summed E-state index contributed by atoms with van der Waals surface area (Å²) in [6.45, 7) is 6.76. The average molecular weight is 844 g/mol. The molecule has 1 heterocycles. The first-order valence-corrected chi connectivity index (χ1v) is 22.2. The number of nitrogens with one attached hydrogen (secondary N) is 4. The summed E-state index contributed by atoms with van der Waals surface area (Å²) >= 11 is 0. The number of nitrogens with zero attached hydrogens (tertiary/aromatic N) is 1. The lowest BCUT2D eigenvalue weighted by Crippen LogP contribution is -2.58. The summed E-state index contributed by atoms with van der Waals surface area (Å²) in [5.41, 5.74) is 0.967. The van der Waals surface area contributed by atoms with E-state index < -0.39 is 77.8 Å². The third kappa shape index (κ3) is 13.9. The van der Waals surface area contributed by atoms with Crippen molar-refractivity contribution in [1.82, 2.24) is 26.2 Å². The van der Waals surface area contributed by atoms with Gasteiger partial charge in [-0.2, -0.15) is 0 Å². The van der Waals surface area contributed by atoms with Crippen molar-refractivity contribution >= 4 is 41.5 Å². The molecule has 332 valence electrons. The van der Waals surface area contributed by atoms with Gasteiger partial charge in [0.25, 0.3) is 5.91 Å². The highest BCUT2D eigenvalue weighted by Crippen LogP contribution is 2.35. The molecule has 14 nitrogen and oxygen atoms in total. The van der Waals surface area contributed by atoms with Gasteiger partial charge in [-0.3, -0.25) is 24.0 Å². The van der Waals surface area contributed by atoms with E-state index in [1.54, 1.807) is 20.8 Å². The van der Waals surface area contributed by atoms with Gasteiger partial charge in [0, 0.05) is 12.5 Å². The van der Waals surface area contributed by atoms with Crippen LogP contribution in [0.3, 0.4) is 0 Å². The number of amides is 5. The van der Waals surface area contributed by atoms with Gasteiger partial charge in [0.05, 0.1) is 12.6 Å². The van der Waals surface area contributed by atoms with Crippen LogP contribution in [0.2, 0.25) is 0 Å². The molecule has 5 rings (SSSR count). The second-order valence-corrected chi connectivity index (χ2v) is 17.8. The number of alkyl carbamates (subject to hydrolysis) is 1. The van der Waals surface area contributed by atoms with Crippen molar-refractivity contribution in [3.05, 3.63) is 71.8 Å². The van der Waals surface area contributed by atoms with Gasteiger partial charge in [0.1, 0.15) is 30.3 Å². The molecule has 0 spiro atoms. The van der Waals surface area contributed by atoms with Crippen LogP contribution >= 0.6 is 0 Å². The molecule has 0 aromatic heterocycles. The van der Waals surface area contributed by atoms with Gasteiger partial charge in [0.2, 0.25) is 23.5 Å². The van der Waals surface area contributed by atoms with Crippen LogP contribution in [0.1, 0.15) is 128 Å². The third-order valence-corrected chi connectivity index (χ3v) is 12.0. The van der Waals surface area contributed by atoms with Gasteiger partial charge in [-0.05, 0) is 82.3 Å². The van der Waals surface area contributed by atoms with Crippen molar-refractivity contribution in [1.29, 1.82) is 0 Å². The van der Waals surface area contributed by atoms with Gasteiger partial charge in [-0.25, -0.2) is 9.59 Å². The molecule has 2 aliphatic carbocycles. The second-order valence-electron chi connectivity index (χ2n) is 17.8. The van der Waals surface area contributed by atoms with E-state index in [2.05, 4.69) is 21.3 Å². The number of hydrogen-bond acceptors (Lipinski definition) is 9. The van der Waals surface area contributed by atoms with E-state index in [1.165, 1.54) is 4.90 Å². The van der Waals surface area contributed by atoms with Crippen LogP contribution in [0.4, 0.5) is 4.79 Å². The Morgan fingerprint density at radius 3 is 1.93 bits per heavy atom. The van der Waals surface area contributed by atoms with E-state index in [-0.39, 0.29) is 43.7 Å². The number of ether oxygens (including phenoxy) is 2. The molecular weight excluding hydrogens is 779 g/mol. The standard InChI is InChI=1S/C47H65N5O9/c1-5-18-36(41(54)43(56)48-28-38(53)50-40(34-25-16-9-17-26-34)45(58)60-30-31-19-10-6-11-20-31)49-42(55)37-27-35(32-21-12-7-13-22-32)29-52(37)44(57)39(33-23-14-8-15-24-33)51-46(59)61-47(2,3)4/h6-7,10-13,19-22,33-37,39-40H,5,8-9,14-18,23-30H2,1-4H3,(H,48,56)(H,49,55)(H,50,53)(H,51,59)/t35-,36?,37+,39+,40?/m1/s1. The first-order chi connectivity index (χ1) is 29.2. The average Bonchev–Trinajstić information content (AvgIpc) is 3.72. The topological polar surface area (TPSA) is 189 Å². The molecule has 2 aromatic carbocycles. The lowest BCUT2D eigenvalue weighted by atomic mass is 9.83. The number of hydrogen-bond donors (Lipinski definition) is 4. The maximum atomic E-state index is 14.6. The predicted octanol–water partition coefficient (Wildman–Crippen LogP) is 5.62. The summed E-state index contributed by atoms with van der Waals surface area (Å²) in [4.78, 5) is 97.0. The quantitative estimate of drug-likeness (QED) is 0.116. The van der Waals surface area contributed by atoms with Crippen molar-refractivity contribution in [3.8, 4) is 0 Å². The summed E-state index contributed by atoms with van der Waals surface area (Å²) in [5, 5.41) is 10.8. The Morgan fingerprint density at radius 2 is 1.34 bits per heavy atom. The van der Waals surface area contributed by atoms with Crippen molar-refractivity contribution in [3.63, 3.8) is 0 Å². The fourth-order valence-electron chi connectivity index (χ4n) is 8.87. The fraction of sp³-hybridized carbons (Fsp3) is 0.596. The Balaban J connectivity index is 1.26. The molecule has 61 heavy (non-hydrogen) atoms. The Bertz CT molecular complexity index is 1810. The SMILES string of the molecule is CCCC(NC(=O)[C@@H]1C[C@@H](c2ccccc2)CN1C(=O)[C@@H](NC(=O)OC(C)(C)C)C1CCCCC1)C(=O)C(=O)NCC(=O)NC(C(=O)OCc1ccccc1)C1CCCCC1. The lowest BCUT2D eigenvalue weighted by Gasteiger charge is -2.35. The highest BCUT2D eigenvalue weighted by Gasteiger charge is 2.45. The van der Waals surface area contributed by atoms with Crippen LogP contribution in [0, 0.1) is 11.8 Å². The minimum Gasteiger partial charge on any atom is -0.459 e. The number of benzene rings is 2. The zero-order valence-corrected chi connectivity index (χ0v) is 36.3. The molecule has 0 bridgehead atoms. The van der Waals surface area contributed by atoms with Gasteiger partial charge in [-0.15, -0.1) is 0 Å². The maximum Gasteiger partial charge on any atom is 0.408 e. The predicted molar refractivity (Wildman–Crippen MR) is 229 cm³/mol. The van der Waals surface area contributed by atoms with E-state index in [9.17, 15) is 33.6 Å². The molecule has 1 aliphatic heterocycles. The highest BCUT2D eigenvalue weighted by atomic mass is 16.6. The molecule has 3 fully saturated rings. The Labute approximate surface area is 360 Å². The molecule has 5 atom stereocenters. The first-order valence-electron chi connectivity index (χ1n) is 22.2. The molecule has 4 N–H and O–H groups in total. The molecule has 3 aliphatic rings. The summed E-state index contributed by atoms with van der Waals surface area (Å²) in [6.07, 6.45) is 8.82. The van der Waals surface area contributed by atoms with Crippen LogP contribution in [0.25, 0.3) is 0 Å². The molecule has 2 saturated carbocycles. The van der Waals surface area contributed by atoms with Crippen molar-refractivity contribution in [2.24, 2.45) is 11.8 Å². The number of likely N-dealkylation sites (tertiary alicyclic amines) is 1. The molecule has 1 saturated heterocycles. The van der Waals surface area contributed by atoms with Crippen LogP contribution < -0.4 is 21.3 Å². The van der Waals surface area contributed by atoms with Gasteiger partial charge >= 0.3 is 12.1 Å². The molecule has 2 aromatic rings. The fourth-order valence-corrected chi connectivity index (χ4v) is 8.87. The van der Waals surface area contributed by atoms with Crippen molar-refractivity contribution < 1.29 is 43.0 Å². The summed E-state index contributed by atoms with van der Waals surface area (Å²) in [6, 6.07) is 14.7. The minimum absolute atomic E-state index is 0.0539. The van der Waals surface area contributed by atoms with E-state index in [0.717, 1.165) is 75.3 Å². The number of carbonyl (C=O) groups is 7. The lowest BCUT2D eigenvalue weighted by molar-refractivity contribution is -0.151. The number of ketones is 1. The molecule has 14 heteroatoms. The van der Waals surface area contributed by atoms with E-state index in [1.807, 2.05) is 67.6 Å².